The van der Waals surface area contributed by atoms with Crippen molar-refractivity contribution < 1.29 is 4.39 Å². The monoisotopic (exact) mass is 454 g/mol. The topological polar surface area (TPSA) is 39.7 Å². The smallest absolute Gasteiger partial charge is 0.191 e. The second kappa shape index (κ2) is 10.3. The number of benzene rings is 1. The van der Waals surface area contributed by atoms with E-state index < -0.39 is 5.82 Å². The second-order valence-electron chi connectivity index (χ2n) is 5.48. The summed E-state index contributed by atoms with van der Waals surface area (Å²) in [6.45, 7) is 5.92. The van der Waals surface area contributed by atoms with Gasteiger partial charge in [0.1, 0.15) is 5.82 Å². The van der Waals surface area contributed by atoms with E-state index in [1.54, 1.807) is 19.2 Å². The third-order valence-electron chi connectivity index (χ3n) is 4.08. The Morgan fingerprint density at radius 3 is 2.87 bits per heavy atom. The van der Waals surface area contributed by atoms with Crippen LogP contribution in [0.3, 0.4) is 0 Å². The number of likely N-dealkylation sites (tertiary alicyclic amines) is 1. The molecule has 1 saturated heterocycles. The molecule has 0 aliphatic carbocycles. The van der Waals surface area contributed by atoms with E-state index in [0.717, 1.165) is 24.6 Å². The van der Waals surface area contributed by atoms with Crippen molar-refractivity contribution in [1.29, 1.82) is 0 Å². The van der Waals surface area contributed by atoms with E-state index in [9.17, 15) is 4.39 Å². The molecule has 1 atom stereocenters. The van der Waals surface area contributed by atoms with Gasteiger partial charge >= 0.3 is 0 Å². The average molecular weight is 455 g/mol. The molecular formula is C16H25ClFIN4. The molecule has 130 valence electrons. The Hall–Kier alpha value is -0.600. The van der Waals surface area contributed by atoms with Crippen molar-refractivity contribution in [1.82, 2.24) is 15.5 Å². The van der Waals surface area contributed by atoms with Crippen LogP contribution < -0.4 is 10.6 Å². The van der Waals surface area contributed by atoms with Crippen molar-refractivity contribution >= 4 is 41.5 Å². The molecule has 0 amide bonds. The summed E-state index contributed by atoms with van der Waals surface area (Å²) in [5, 5.41) is 6.74. The highest BCUT2D eigenvalue weighted by molar-refractivity contribution is 14.0. The minimum absolute atomic E-state index is 0. The SMILES string of the molecule is CCN1CCCC1CNC(=NC)NCc1ccc(F)c(Cl)c1.I. The van der Waals surface area contributed by atoms with E-state index in [1.807, 2.05) is 0 Å². The van der Waals surface area contributed by atoms with Crippen LogP contribution in [0.1, 0.15) is 25.3 Å². The van der Waals surface area contributed by atoms with Gasteiger partial charge in [0.2, 0.25) is 0 Å². The molecule has 2 rings (SSSR count). The minimum Gasteiger partial charge on any atom is -0.355 e. The van der Waals surface area contributed by atoms with Gasteiger partial charge in [-0.3, -0.25) is 9.89 Å². The summed E-state index contributed by atoms with van der Waals surface area (Å²) in [5.74, 6) is 0.359. The van der Waals surface area contributed by atoms with E-state index in [1.165, 1.54) is 25.5 Å². The molecule has 4 nitrogen and oxygen atoms in total. The van der Waals surface area contributed by atoms with Gasteiger partial charge < -0.3 is 10.6 Å². The molecular weight excluding hydrogens is 430 g/mol. The van der Waals surface area contributed by atoms with Crippen LogP contribution >= 0.6 is 35.6 Å². The first-order valence-corrected chi connectivity index (χ1v) is 8.14. The zero-order chi connectivity index (χ0) is 15.9. The molecule has 1 aliphatic rings. The van der Waals surface area contributed by atoms with Crippen LogP contribution in [0.15, 0.2) is 23.2 Å². The lowest BCUT2D eigenvalue weighted by Gasteiger charge is -2.24. The Bertz CT molecular complexity index is 527. The highest BCUT2D eigenvalue weighted by Gasteiger charge is 2.22. The van der Waals surface area contributed by atoms with Gasteiger partial charge in [0.15, 0.2) is 5.96 Å². The lowest BCUT2D eigenvalue weighted by molar-refractivity contribution is 0.267. The van der Waals surface area contributed by atoms with Crippen molar-refractivity contribution in [2.75, 3.05) is 26.7 Å². The average Bonchev–Trinajstić information content (AvgIpc) is 2.98. The maximum Gasteiger partial charge on any atom is 0.191 e. The number of rotatable bonds is 5. The molecule has 1 aliphatic heterocycles. The first kappa shape index (κ1) is 20.4. The fraction of sp³-hybridized carbons (Fsp3) is 0.562. The van der Waals surface area contributed by atoms with Crippen LogP contribution in [0.25, 0.3) is 0 Å². The van der Waals surface area contributed by atoms with Gasteiger partial charge in [-0.25, -0.2) is 4.39 Å². The lowest BCUT2D eigenvalue weighted by Crippen LogP contribution is -2.44. The maximum atomic E-state index is 13.1. The molecule has 23 heavy (non-hydrogen) atoms. The number of halogens is 3. The number of nitrogens with zero attached hydrogens (tertiary/aromatic N) is 2. The molecule has 0 aromatic heterocycles. The predicted molar refractivity (Wildman–Crippen MR) is 105 cm³/mol. The number of nitrogens with one attached hydrogen (secondary N) is 2. The van der Waals surface area contributed by atoms with Crippen LogP contribution in [0, 0.1) is 5.82 Å². The third-order valence-corrected chi connectivity index (χ3v) is 4.37. The highest BCUT2D eigenvalue weighted by atomic mass is 127. The van der Waals surface area contributed by atoms with E-state index in [4.69, 9.17) is 11.6 Å². The van der Waals surface area contributed by atoms with Gasteiger partial charge in [0.25, 0.3) is 0 Å². The van der Waals surface area contributed by atoms with Gasteiger partial charge in [0.05, 0.1) is 5.02 Å². The highest BCUT2D eigenvalue weighted by Crippen LogP contribution is 2.16. The Morgan fingerprint density at radius 2 is 2.22 bits per heavy atom. The van der Waals surface area contributed by atoms with Gasteiger partial charge in [0, 0.05) is 26.2 Å². The molecule has 0 radical (unpaired) electrons. The van der Waals surface area contributed by atoms with Gasteiger partial charge in [-0.2, -0.15) is 0 Å². The number of hydrogen-bond acceptors (Lipinski definition) is 2. The zero-order valence-corrected chi connectivity index (χ0v) is 16.7. The van der Waals surface area contributed by atoms with Crippen molar-refractivity contribution in [2.24, 2.45) is 4.99 Å². The summed E-state index contributed by atoms with van der Waals surface area (Å²) in [6, 6.07) is 5.31. The zero-order valence-electron chi connectivity index (χ0n) is 13.6. The number of hydrogen-bond donors (Lipinski definition) is 2. The summed E-state index contributed by atoms with van der Waals surface area (Å²) in [4.78, 5) is 6.71. The molecule has 2 N–H and O–H groups in total. The molecule has 7 heteroatoms. The van der Waals surface area contributed by atoms with E-state index in [-0.39, 0.29) is 29.0 Å². The Balaban J connectivity index is 0.00000264. The summed E-state index contributed by atoms with van der Waals surface area (Å²) in [5.41, 5.74) is 0.922. The normalized spacial score (nSPS) is 18.6. The fourth-order valence-electron chi connectivity index (χ4n) is 2.81. The lowest BCUT2D eigenvalue weighted by atomic mass is 10.2. The van der Waals surface area contributed by atoms with Gasteiger partial charge in [-0.15, -0.1) is 24.0 Å². The van der Waals surface area contributed by atoms with Crippen molar-refractivity contribution in [3.05, 3.63) is 34.6 Å². The molecule has 1 aromatic carbocycles. The van der Waals surface area contributed by atoms with Crippen LogP contribution in [0.5, 0.6) is 0 Å². The largest absolute Gasteiger partial charge is 0.355 e. The minimum atomic E-state index is -0.395. The number of likely N-dealkylation sites (N-methyl/N-ethyl adjacent to an activating group) is 1. The van der Waals surface area contributed by atoms with Crippen LogP contribution in [-0.4, -0.2) is 43.6 Å². The van der Waals surface area contributed by atoms with Crippen molar-refractivity contribution in [2.45, 2.75) is 32.4 Å². The van der Waals surface area contributed by atoms with Crippen LogP contribution in [0.4, 0.5) is 4.39 Å². The summed E-state index contributed by atoms with van der Waals surface area (Å²) in [7, 11) is 1.75. The van der Waals surface area contributed by atoms with E-state index in [2.05, 4.69) is 27.4 Å². The summed E-state index contributed by atoms with van der Waals surface area (Å²) >= 11 is 5.79. The molecule has 1 aromatic rings. The van der Waals surface area contributed by atoms with Crippen LogP contribution in [-0.2, 0) is 6.54 Å². The van der Waals surface area contributed by atoms with Gasteiger partial charge in [-0.1, -0.05) is 24.6 Å². The molecule has 1 fully saturated rings. The second-order valence-corrected chi connectivity index (χ2v) is 5.89. The summed E-state index contributed by atoms with van der Waals surface area (Å²) < 4.78 is 13.1. The maximum absolute atomic E-state index is 13.1. The standard InChI is InChI=1S/C16H24ClFN4.HI/c1-3-22-8-4-5-13(22)11-21-16(19-2)20-10-12-6-7-15(18)14(17)9-12;/h6-7,9,13H,3-5,8,10-11H2,1-2H3,(H2,19,20,21);1H. The Morgan fingerprint density at radius 1 is 1.43 bits per heavy atom. The number of aliphatic imine (C=N–C) groups is 1. The van der Waals surface area contributed by atoms with Gasteiger partial charge in [-0.05, 0) is 43.6 Å². The van der Waals surface area contributed by atoms with E-state index >= 15 is 0 Å². The molecule has 0 saturated carbocycles. The van der Waals surface area contributed by atoms with Crippen molar-refractivity contribution in [3.8, 4) is 0 Å². The predicted octanol–water partition coefficient (Wildman–Crippen LogP) is 3.25. The molecule has 0 bridgehead atoms. The Kier molecular flexibility index (Phi) is 9.16. The van der Waals surface area contributed by atoms with Crippen molar-refractivity contribution in [3.63, 3.8) is 0 Å². The Labute approximate surface area is 159 Å². The fourth-order valence-corrected chi connectivity index (χ4v) is 3.02. The molecule has 1 heterocycles. The van der Waals surface area contributed by atoms with E-state index in [0.29, 0.717) is 12.6 Å². The third kappa shape index (κ3) is 6.08. The van der Waals surface area contributed by atoms with Crippen LogP contribution in [0.2, 0.25) is 5.02 Å². The first-order chi connectivity index (χ1) is 10.6. The molecule has 1 unspecified atom stereocenters. The number of guanidine groups is 1. The first-order valence-electron chi connectivity index (χ1n) is 7.76. The molecule has 0 spiro atoms. The quantitative estimate of drug-likeness (QED) is 0.408. The summed E-state index contributed by atoms with van der Waals surface area (Å²) in [6.07, 6.45) is 2.49.